The van der Waals surface area contributed by atoms with Gasteiger partial charge in [-0.1, -0.05) is 19.1 Å². The van der Waals surface area contributed by atoms with Gasteiger partial charge in [0.2, 0.25) is 11.8 Å². The van der Waals surface area contributed by atoms with Crippen LogP contribution in [0.5, 0.6) is 0 Å². The standard InChI is InChI=1S/C14H19N3O2/c1-2-6-16-9-14(19)17(10-13(16)18)8-11-4-3-5-12(15)7-11/h3-5,7H,2,6,8-10,15H2,1H3. The Balaban J connectivity index is 2.02. The normalized spacial score (nSPS) is 16.1. The van der Waals surface area contributed by atoms with Crippen molar-refractivity contribution in [2.75, 3.05) is 25.4 Å². The SMILES string of the molecule is CCCN1CC(=O)N(Cc2cccc(N)c2)CC1=O. The largest absolute Gasteiger partial charge is 0.399 e. The smallest absolute Gasteiger partial charge is 0.242 e. The summed E-state index contributed by atoms with van der Waals surface area (Å²) < 4.78 is 0. The molecular weight excluding hydrogens is 242 g/mol. The predicted octanol–water partition coefficient (Wildman–Crippen LogP) is 0.850. The van der Waals surface area contributed by atoms with Gasteiger partial charge in [0.1, 0.15) is 6.54 Å². The Morgan fingerprint density at radius 2 is 1.84 bits per heavy atom. The molecule has 0 aliphatic carbocycles. The van der Waals surface area contributed by atoms with Gasteiger partial charge in [0.15, 0.2) is 0 Å². The van der Waals surface area contributed by atoms with E-state index in [1.165, 1.54) is 0 Å². The van der Waals surface area contributed by atoms with Crippen molar-refractivity contribution >= 4 is 17.5 Å². The quantitative estimate of drug-likeness (QED) is 0.817. The van der Waals surface area contributed by atoms with Crippen LogP contribution in [0.4, 0.5) is 5.69 Å². The van der Waals surface area contributed by atoms with Crippen molar-refractivity contribution in [3.8, 4) is 0 Å². The predicted molar refractivity (Wildman–Crippen MR) is 73.1 cm³/mol. The van der Waals surface area contributed by atoms with Crippen LogP contribution in [0.15, 0.2) is 24.3 Å². The van der Waals surface area contributed by atoms with Crippen molar-refractivity contribution in [3.63, 3.8) is 0 Å². The molecule has 1 fully saturated rings. The molecule has 1 aliphatic heterocycles. The van der Waals surface area contributed by atoms with Crippen LogP contribution >= 0.6 is 0 Å². The number of rotatable bonds is 4. The van der Waals surface area contributed by atoms with Crippen LogP contribution < -0.4 is 5.73 Å². The Morgan fingerprint density at radius 1 is 1.16 bits per heavy atom. The molecule has 0 unspecified atom stereocenters. The number of piperazine rings is 1. The summed E-state index contributed by atoms with van der Waals surface area (Å²) in [6, 6.07) is 7.39. The maximum atomic E-state index is 12.0. The van der Waals surface area contributed by atoms with E-state index in [0.29, 0.717) is 18.8 Å². The summed E-state index contributed by atoms with van der Waals surface area (Å²) >= 11 is 0. The number of nitrogens with two attached hydrogens (primary N) is 1. The molecule has 1 saturated heterocycles. The summed E-state index contributed by atoms with van der Waals surface area (Å²) in [7, 11) is 0. The van der Waals surface area contributed by atoms with Crippen LogP contribution in [0.3, 0.4) is 0 Å². The topological polar surface area (TPSA) is 66.6 Å². The van der Waals surface area contributed by atoms with Crippen LogP contribution in [-0.2, 0) is 16.1 Å². The molecule has 2 amide bonds. The molecule has 0 aromatic heterocycles. The Morgan fingerprint density at radius 3 is 2.53 bits per heavy atom. The molecule has 19 heavy (non-hydrogen) atoms. The molecule has 0 radical (unpaired) electrons. The fraction of sp³-hybridized carbons (Fsp3) is 0.429. The van der Waals surface area contributed by atoms with Gasteiger partial charge in [-0.2, -0.15) is 0 Å². The molecule has 2 rings (SSSR count). The van der Waals surface area contributed by atoms with Crippen molar-refractivity contribution < 1.29 is 9.59 Å². The zero-order valence-electron chi connectivity index (χ0n) is 11.1. The zero-order chi connectivity index (χ0) is 13.8. The lowest BCUT2D eigenvalue weighted by Crippen LogP contribution is -2.53. The maximum Gasteiger partial charge on any atom is 0.242 e. The first-order valence-electron chi connectivity index (χ1n) is 6.50. The van der Waals surface area contributed by atoms with Crippen molar-refractivity contribution in [3.05, 3.63) is 29.8 Å². The van der Waals surface area contributed by atoms with Crippen molar-refractivity contribution in [1.82, 2.24) is 9.80 Å². The highest BCUT2D eigenvalue weighted by molar-refractivity contribution is 5.92. The van der Waals surface area contributed by atoms with Crippen molar-refractivity contribution in [1.29, 1.82) is 0 Å². The second-order valence-corrected chi connectivity index (χ2v) is 4.81. The molecule has 102 valence electrons. The molecule has 0 saturated carbocycles. The first kappa shape index (κ1) is 13.4. The van der Waals surface area contributed by atoms with Crippen molar-refractivity contribution in [2.45, 2.75) is 19.9 Å². The summed E-state index contributed by atoms with van der Waals surface area (Å²) in [4.78, 5) is 27.1. The van der Waals surface area contributed by atoms with Crippen LogP contribution in [0.1, 0.15) is 18.9 Å². The Bertz CT molecular complexity index is 487. The molecule has 5 nitrogen and oxygen atoms in total. The summed E-state index contributed by atoms with van der Waals surface area (Å²) in [6.07, 6.45) is 0.869. The monoisotopic (exact) mass is 261 g/mol. The van der Waals surface area contributed by atoms with Crippen molar-refractivity contribution in [2.24, 2.45) is 0 Å². The second kappa shape index (κ2) is 5.73. The number of anilines is 1. The van der Waals surface area contributed by atoms with E-state index >= 15 is 0 Å². The third-order valence-electron chi connectivity index (χ3n) is 3.18. The number of hydrogen-bond acceptors (Lipinski definition) is 3. The first-order valence-corrected chi connectivity index (χ1v) is 6.50. The number of nitrogens with zero attached hydrogens (tertiary/aromatic N) is 2. The fourth-order valence-corrected chi connectivity index (χ4v) is 2.23. The fourth-order valence-electron chi connectivity index (χ4n) is 2.23. The number of amides is 2. The van der Waals surface area contributed by atoms with Gasteiger partial charge in [0, 0.05) is 18.8 Å². The number of carbonyl (C=O) groups excluding carboxylic acids is 2. The maximum absolute atomic E-state index is 12.0. The summed E-state index contributed by atoms with van der Waals surface area (Å²) in [5.41, 5.74) is 7.33. The van der Waals surface area contributed by atoms with Gasteiger partial charge in [-0.3, -0.25) is 9.59 Å². The van der Waals surface area contributed by atoms with Gasteiger partial charge < -0.3 is 15.5 Å². The minimum atomic E-state index is -0.00419. The van der Waals surface area contributed by atoms with Gasteiger partial charge in [0.05, 0.1) is 6.54 Å². The Kier molecular flexibility index (Phi) is 4.04. The Hall–Kier alpha value is -2.04. The van der Waals surface area contributed by atoms with E-state index in [4.69, 9.17) is 5.73 Å². The molecule has 1 aliphatic rings. The summed E-state index contributed by atoms with van der Waals surface area (Å²) in [5.74, 6) is 0.0147. The molecule has 0 atom stereocenters. The van der Waals surface area contributed by atoms with E-state index in [0.717, 1.165) is 12.0 Å². The zero-order valence-corrected chi connectivity index (χ0v) is 11.1. The Labute approximate surface area is 113 Å². The van der Waals surface area contributed by atoms with E-state index in [1.807, 2.05) is 25.1 Å². The molecule has 0 bridgehead atoms. The summed E-state index contributed by atoms with van der Waals surface area (Å²) in [5, 5.41) is 0. The average molecular weight is 261 g/mol. The number of nitrogen functional groups attached to an aromatic ring is 1. The minimum absolute atomic E-state index is 0.00419. The highest BCUT2D eigenvalue weighted by Crippen LogP contribution is 2.13. The van der Waals surface area contributed by atoms with E-state index in [9.17, 15) is 9.59 Å². The van der Waals surface area contributed by atoms with Crippen LogP contribution in [0, 0.1) is 0 Å². The van der Waals surface area contributed by atoms with E-state index in [1.54, 1.807) is 15.9 Å². The molecule has 1 aromatic carbocycles. The van der Waals surface area contributed by atoms with Gasteiger partial charge >= 0.3 is 0 Å². The van der Waals surface area contributed by atoms with Gasteiger partial charge in [-0.25, -0.2) is 0 Å². The van der Waals surface area contributed by atoms with Crippen LogP contribution in [0.2, 0.25) is 0 Å². The molecule has 1 heterocycles. The lowest BCUT2D eigenvalue weighted by molar-refractivity contribution is -0.150. The molecular formula is C14H19N3O2. The number of benzene rings is 1. The highest BCUT2D eigenvalue weighted by Gasteiger charge is 2.29. The van der Waals surface area contributed by atoms with Gasteiger partial charge in [-0.15, -0.1) is 0 Å². The average Bonchev–Trinajstić information content (AvgIpc) is 2.36. The lowest BCUT2D eigenvalue weighted by Gasteiger charge is -2.33. The first-order chi connectivity index (χ1) is 9.10. The lowest BCUT2D eigenvalue weighted by atomic mass is 10.1. The molecule has 5 heteroatoms. The number of carbonyl (C=O) groups is 2. The van der Waals surface area contributed by atoms with Crippen LogP contribution in [0.25, 0.3) is 0 Å². The third-order valence-corrected chi connectivity index (χ3v) is 3.18. The summed E-state index contributed by atoms with van der Waals surface area (Å²) in [6.45, 7) is 3.44. The van der Waals surface area contributed by atoms with Crippen LogP contribution in [-0.4, -0.2) is 41.2 Å². The van der Waals surface area contributed by atoms with Gasteiger partial charge in [0.25, 0.3) is 0 Å². The molecule has 1 aromatic rings. The van der Waals surface area contributed by atoms with Gasteiger partial charge in [-0.05, 0) is 24.1 Å². The minimum Gasteiger partial charge on any atom is -0.399 e. The van der Waals surface area contributed by atoms with E-state index in [2.05, 4.69) is 0 Å². The van der Waals surface area contributed by atoms with E-state index < -0.39 is 0 Å². The molecule has 2 N–H and O–H groups in total. The number of hydrogen-bond donors (Lipinski definition) is 1. The third kappa shape index (κ3) is 3.24. The molecule has 0 spiro atoms. The highest BCUT2D eigenvalue weighted by atomic mass is 16.2. The second-order valence-electron chi connectivity index (χ2n) is 4.81. The van der Waals surface area contributed by atoms with E-state index in [-0.39, 0.29) is 24.9 Å².